The number of hydrogen-bond acceptors (Lipinski definition) is 4. The quantitative estimate of drug-likeness (QED) is 0.418. The third-order valence-corrected chi connectivity index (χ3v) is 6.39. The number of urea groups is 1. The second-order valence-corrected chi connectivity index (χ2v) is 8.42. The topological polar surface area (TPSA) is 61.4 Å². The van der Waals surface area contributed by atoms with Crippen LogP contribution < -0.4 is 10.6 Å². The maximum Gasteiger partial charge on any atom is 0.315 e. The van der Waals surface area contributed by atoms with E-state index in [2.05, 4.69) is 28.8 Å². The zero-order valence-corrected chi connectivity index (χ0v) is 16.7. The van der Waals surface area contributed by atoms with Crippen LogP contribution in [0.3, 0.4) is 0 Å². The molecule has 0 radical (unpaired) electrons. The summed E-state index contributed by atoms with van der Waals surface area (Å²) < 4.78 is 0. The van der Waals surface area contributed by atoms with Gasteiger partial charge in [0.1, 0.15) is 6.10 Å². The molecule has 142 valence electrons. The highest BCUT2D eigenvalue weighted by molar-refractivity contribution is 7.12. The largest absolute Gasteiger partial charge is 0.383 e. The van der Waals surface area contributed by atoms with Crippen molar-refractivity contribution in [3.05, 3.63) is 92.3 Å². The first-order valence-corrected chi connectivity index (χ1v) is 10.7. The summed E-state index contributed by atoms with van der Waals surface area (Å²) in [6.45, 7) is 0.905. The van der Waals surface area contributed by atoms with Crippen LogP contribution in [-0.4, -0.2) is 11.1 Å². The van der Waals surface area contributed by atoms with Crippen molar-refractivity contribution in [1.82, 2.24) is 10.6 Å². The van der Waals surface area contributed by atoms with Crippen molar-refractivity contribution in [2.45, 2.75) is 19.2 Å². The van der Waals surface area contributed by atoms with Crippen LogP contribution in [-0.2, 0) is 13.1 Å². The molecule has 2 amide bonds. The number of nitrogens with one attached hydrogen (secondary N) is 2. The molecule has 0 aliphatic carbocycles. The van der Waals surface area contributed by atoms with Crippen LogP contribution in [0.2, 0.25) is 0 Å². The summed E-state index contributed by atoms with van der Waals surface area (Å²) in [6, 6.07) is 19.8. The molecule has 0 spiro atoms. The molecule has 0 saturated heterocycles. The van der Waals surface area contributed by atoms with Gasteiger partial charge in [-0.05, 0) is 50.9 Å². The van der Waals surface area contributed by atoms with Crippen molar-refractivity contribution < 1.29 is 9.90 Å². The molecule has 4 aromatic rings. The van der Waals surface area contributed by atoms with Crippen molar-refractivity contribution in [3.8, 4) is 0 Å². The summed E-state index contributed by atoms with van der Waals surface area (Å²) in [5.41, 5.74) is 1.99. The summed E-state index contributed by atoms with van der Waals surface area (Å²) in [5.74, 6) is 0. The van der Waals surface area contributed by atoms with E-state index in [0.717, 1.165) is 31.7 Å². The Balaban J connectivity index is 1.31. The predicted octanol–water partition coefficient (Wildman–Crippen LogP) is 5.04. The smallest absolute Gasteiger partial charge is 0.315 e. The summed E-state index contributed by atoms with van der Waals surface area (Å²) >= 11 is 3.08. The molecule has 6 heteroatoms. The van der Waals surface area contributed by atoms with Gasteiger partial charge in [-0.3, -0.25) is 0 Å². The number of benzene rings is 2. The molecular weight excluding hydrogens is 388 g/mol. The molecule has 4 rings (SSSR count). The molecule has 4 nitrogen and oxygen atoms in total. The minimum Gasteiger partial charge on any atom is -0.383 e. The zero-order chi connectivity index (χ0) is 19.3. The lowest BCUT2D eigenvalue weighted by molar-refractivity contribution is 0.224. The lowest BCUT2D eigenvalue weighted by Gasteiger charge is -2.09. The Labute approximate surface area is 171 Å². The van der Waals surface area contributed by atoms with Gasteiger partial charge in [0.15, 0.2) is 0 Å². The summed E-state index contributed by atoms with van der Waals surface area (Å²) in [5, 5.41) is 22.4. The molecule has 0 unspecified atom stereocenters. The fourth-order valence-corrected chi connectivity index (χ4v) is 4.73. The number of carbonyl (C=O) groups is 1. The van der Waals surface area contributed by atoms with Crippen molar-refractivity contribution >= 4 is 39.5 Å². The molecule has 0 aliphatic heterocycles. The molecule has 0 fully saturated rings. The van der Waals surface area contributed by atoms with E-state index in [1.807, 2.05) is 53.2 Å². The molecule has 0 bridgehead atoms. The van der Waals surface area contributed by atoms with E-state index in [0.29, 0.717) is 13.1 Å². The number of thiophene rings is 2. The molecule has 2 aromatic heterocycles. The normalized spacial score (nSPS) is 12.0. The Morgan fingerprint density at radius 2 is 1.79 bits per heavy atom. The summed E-state index contributed by atoms with van der Waals surface area (Å²) in [4.78, 5) is 14.1. The number of rotatable bonds is 6. The fourth-order valence-electron chi connectivity index (χ4n) is 3.08. The van der Waals surface area contributed by atoms with Crippen LogP contribution in [0, 0.1) is 0 Å². The van der Waals surface area contributed by atoms with Gasteiger partial charge in [0, 0.05) is 16.3 Å². The van der Waals surface area contributed by atoms with Crippen molar-refractivity contribution in [2.24, 2.45) is 0 Å². The number of hydrogen-bond donors (Lipinski definition) is 3. The van der Waals surface area contributed by atoms with Gasteiger partial charge in [0.25, 0.3) is 0 Å². The minimum absolute atomic E-state index is 0.207. The molecule has 0 saturated carbocycles. The van der Waals surface area contributed by atoms with Crippen LogP contribution in [0.25, 0.3) is 10.8 Å². The Bertz CT molecular complexity index is 1070. The number of amides is 2. The first-order valence-electron chi connectivity index (χ1n) is 8.98. The van der Waals surface area contributed by atoms with E-state index in [1.54, 1.807) is 11.3 Å². The summed E-state index contributed by atoms with van der Waals surface area (Å²) in [7, 11) is 0. The van der Waals surface area contributed by atoms with E-state index in [-0.39, 0.29) is 6.03 Å². The van der Waals surface area contributed by atoms with E-state index in [4.69, 9.17) is 0 Å². The SMILES string of the molecule is O=C(NCc1ccc([C@@H](O)c2ccsc2)s1)NCc1cccc2ccccc12. The molecule has 2 aromatic carbocycles. The highest BCUT2D eigenvalue weighted by Crippen LogP contribution is 2.29. The van der Waals surface area contributed by atoms with Gasteiger partial charge in [-0.1, -0.05) is 42.5 Å². The molecule has 2 heterocycles. The second-order valence-electron chi connectivity index (χ2n) is 6.44. The van der Waals surface area contributed by atoms with Gasteiger partial charge >= 0.3 is 6.03 Å². The highest BCUT2D eigenvalue weighted by atomic mass is 32.1. The van der Waals surface area contributed by atoms with Gasteiger partial charge < -0.3 is 15.7 Å². The van der Waals surface area contributed by atoms with Crippen LogP contribution >= 0.6 is 22.7 Å². The van der Waals surface area contributed by atoms with Gasteiger partial charge in [-0.25, -0.2) is 4.79 Å². The lowest BCUT2D eigenvalue weighted by Crippen LogP contribution is -2.34. The van der Waals surface area contributed by atoms with Gasteiger partial charge in [-0.2, -0.15) is 11.3 Å². The average Bonchev–Trinajstić information content (AvgIpc) is 3.42. The van der Waals surface area contributed by atoms with E-state index < -0.39 is 6.10 Å². The fraction of sp³-hybridized carbons (Fsp3) is 0.136. The van der Waals surface area contributed by atoms with E-state index in [1.165, 1.54) is 11.3 Å². The first kappa shape index (κ1) is 18.7. The predicted molar refractivity (Wildman–Crippen MR) is 116 cm³/mol. The third kappa shape index (κ3) is 4.25. The van der Waals surface area contributed by atoms with Crippen LogP contribution in [0.5, 0.6) is 0 Å². The van der Waals surface area contributed by atoms with Gasteiger partial charge in [0.05, 0.1) is 6.54 Å². The average molecular weight is 409 g/mol. The molecule has 3 N–H and O–H groups in total. The monoisotopic (exact) mass is 408 g/mol. The molecule has 1 atom stereocenters. The van der Waals surface area contributed by atoms with Crippen LogP contribution in [0.4, 0.5) is 4.79 Å². The zero-order valence-electron chi connectivity index (χ0n) is 15.1. The Kier molecular flexibility index (Phi) is 5.71. The maximum absolute atomic E-state index is 12.2. The molecular formula is C22H20N2O2S2. The number of aliphatic hydroxyl groups excluding tert-OH is 1. The Morgan fingerprint density at radius 3 is 2.64 bits per heavy atom. The van der Waals surface area contributed by atoms with E-state index >= 15 is 0 Å². The van der Waals surface area contributed by atoms with Crippen molar-refractivity contribution in [1.29, 1.82) is 0 Å². The molecule has 0 aliphatic rings. The first-order chi connectivity index (χ1) is 13.7. The maximum atomic E-state index is 12.2. The Hall–Kier alpha value is -2.67. The van der Waals surface area contributed by atoms with Crippen LogP contribution in [0.1, 0.15) is 27.0 Å². The van der Waals surface area contributed by atoms with Gasteiger partial charge in [-0.15, -0.1) is 11.3 Å². The number of aliphatic hydroxyl groups is 1. The van der Waals surface area contributed by atoms with Crippen LogP contribution in [0.15, 0.2) is 71.4 Å². The third-order valence-electron chi connectivity index (χ3n) is 4.55. The van der Waals surface area contributed by atoms with E-state index in [9.17, 15) is 9.90 Å². The minimum atomic E-state index is -0.606. The van der Waals surface area contributed by atoms with Crippen molar-refractivity contribution in [2.75, 3.05) is 0 Å². The lowest BCUT2D eigenvalue weighted by atomic mass is 10.0. The number of fused-ring (bicyclic) bond motifs is 1. The highest BCUT2D eigenvalue weighted by Gasteiger charge is 2.13. The second kappa shape index (κ2) is 8.56. The number of carbonyl (C=O) groups excluding carboxylic acids is 1. The standard InChI is InChI=1S/C22H20N2O2S2/c25-21(17-10-11-27-14-17)20-9-8-18(28-20)13-24-22(26)23-12-16-6-3-5-15-4-1-2-7-19(15)16/h1-11,14,21,25H,12-13H2,(H2,23,24,26)/t21-/m0/s1. The van der Waals surface area contributed by atoms with Gasteiger partial charge in [0.2, 0.25) is 0 Å². The summed E-state index contributed by atoms with van der Waals surface area (Å²) in [6.07, 6.45) is -0.606. The Morgan fingerprint density at radius 1 is 0.964 bits per heavy atom. The molecule has 28 heavy (non-hydrogen) atoms. The van der Waals surface area contributed by atoms with Crippen molar-refractivity contribution in [3.63, 3.8) is 0 Å².